The fourth-order valence-electron chi connectivity index (χ4n) is 3.23. The zero-order chi connectivity index (χ0) is 14.9. The summed E-state index contributed by atoms with van der Waals surface area (Å²) in [4.78, 5) is 23.9. The molecule has 0 bridgehead atoms. The average Bonchev–Trinajstić information content (AvgIpc) is 3.00. The van der Waals surface area contributed by atoms with Crippen molar-refractivity contribution in [3.05, 3.63) is 54.2 Å². The predicted molar refractivity (Wildman–Crippen MR) is 84.5 cm³/mol. The van der Waals surface area contributed by atoms with Gasteiger partial charge >= 0.3 is 0 Å². The maximum atomic E-state index is 11.4. The summed E-state index contributed by atoms with van der Waals surface area (Å²) >= 11 is 0. The van der Waals surface area contributed by atoms with E-state index in [9.17, 15) is 4.79 Å². The number of para-hydroxylation sites is 1. The molecule has 1 saturated carbocycles. The number of carbonyl (C=O) groups is 1. The monoisotopic (exact) mass is 294 g/mol. The molecule has 0 spiro atoms. The molecule has 1 aromatic carbocycles. The Morgan fingerprint density at radius 2 is 2.23 bits per heavy atom. The molecule has 2 atom stereocenters. The lowest BCUT2D eigenvalue weighted by Crippen LogP contribution is -2.27. The van der Waals surface area contributed by atoms with Gasteiger partial charge in [-0.1, -0.05) is 18.2 Å². The molecule has 2 N–H and O–H groups in total. The third-order valence-electron chi connectivity index (χ3n) is 4.53. The SMILES string of the molecule is O=CN(CCc1c[nH]c2ccccc12)[C@@H]1C[C@H]1c1c[nH]cn1. The summed E-state index contributed by atoms with van der Waals surface area (Å²) in [6, 6.07) is 8.57. The summed E-state index contributed by atoms with van der Waals surface area (Å²) in [5, 5.41) is 1.24. The number of nitrogens with zero attached hydrogens (tertiary/aromatic N) is 2. The van der Waals surface area contributed by atoms with E-state index in [0.717, 1.165) is 37.0 Å². The summed E-state index contributed by atoms with van der Waals surface area (Å²) in [6.07, 6.45) is 8.52. The van der Waals surface area contributed by atoms with Crippen LogP contribution in [0, 0.1) is 0 Å². The van der Waals surface area contributed by atoms with Crippen molar-refractivity contribution in [3.8, 4) is 0 Å². The van der Waals surface area contributed by atoms with Crippen LogP contribution < -0.4 is 0 Å². The normalized spacial score (nSPS) is 20.2. The van der Waals surface area contributed by atoms with Gasteiger partial charge in [0.15, 0.2) is 0 Å². The first-order valence-electron chi connectivity index (χ1n) is 7.61. The van der Waals surface area contributed by atoms with Crippen LogP contribution in [0.4, 0.5) is 0 Å². The van der Waals surface area contributed by atoms with Crippen molar-refractivity contribution in [2.75, 3.05) is 6.54 Å². The van der Waals surface area contributed by atoms with E-state index in [4.69, 9.17) is 0 Å². The van der Waals surface area contributed by atoms with Crippen LogP contribution in [-0.2, 0) is 11.2 Å². The number of nitrogens with one attached hydrogen (secondary N) is 2. The number of rotatable bonds is 6. The summed E-state index contributed by atoms with van der Waals surface area (Å²) < 4.78 is 0. The number of benzene rings is 1. The minimum Gasteiger partial charge on any atom is -0.361 e. The Balaban J connectivity index is 1.43. The molecule has 1 aliphatic carbocycles. The van der Waals surface area contributed by atoms with Crippen molar-refractivity contribution in [3.63, 3.8) is 0 Å². The van der Waals surface area contributed by atoms with E-state index in [-0.39, 0.29) is 0 Å². The van der Waals surface area contributed by atoms with E-state index in [0.29, 0.717) is 12.0 Å². The van der Waals surface area contributed by atoms with Gasteiger partial charge in [0.2, 0.25) is 6.41 Å². The van der Waals surface area contributed by atoms with E-state index < -0.39 is 0 Å². The highest BCUT2D eigenvalue weighted by Crippen LogP contribution is 2.43. The highest BCUT2D eigenvalue weighted by molar-refractivity contribution is 5.83. The lowest BCUT2D eigenvalue weighted by atomic mass is 10.1. The van der Waals surface area contributed by atoms with Gasteiger partial charge in [-0.25, -0.2) is 4.98 Å². The zero-order valence-electron chi connectivity index (χ0n) is 12.2. The molecule has 4 rings (SSSR count). The topological polar surface area (TPSA) is 64.8 Å². The number of H-pyrrole nitrogens is 2. The molecule has 2 aromatic heterocycles. The fourth-order valence-corrected chi connectivity index (χ4v) is 3.23. The van der Waals surface area contributed by atoms with Crippen LogP contribution in [0.2, 0.25) is 0 Å². The summed E-state index contributed by atoms with van der Waals surface area (Å²) in [6.45, 7) is 0.747. The Labute approximate surface area is 128 Å². The van der Waals surface area contributed by atoms with E-state index in [1.807, 2.05) is 29.4 Å². The number of amides is 1. The minimum atomic E-state index is 0.297. The molecule has 0 radical (unpaired) electrons. The number of hydrogen-bond donors (Lipinski definition) is 2. The molecule has 22 heavy (non-hydrogen) atoms. The summed E-state index contributed by atoms with van der Waals surface area (Å²) in [7, 11) is 0. The van der Waals surface area contributed by atoms with Gasteiger partial charge in [0.05, 0.1) is 12.0 Å². The van der Waals surface area contributed by atoms with Crippen molar-refractivity contribution in [1.82, 2.24) is 19.9 Å². The van der Waals surface area contributed by atoms with Gasteiger partial charge < -0.3 is 14.9 Å². The summed E-state index contributed by atoms with van der Waals surface area (Å²) in [5.74, 6) is 0.388. The van der Waals surface area contributed by atoms with Crippen molar-refractivity contribution in [2.24, 2.45) is 0 Å². The molecule has 112 valence electrons. The largest absolute Gasteiger partial charge is 0.361 e. The smallest absolute Gasteiger partial charge is 0.209 e. The Hall–Kier alpha value is -2.56. The van der Waals surface area contributed by atoms with Gasteiger partial charge in [-0.05, 0) is 24.5 Å². The van der Waals surface area contributed by atoms with Crippen LogP contribution in [0.1, 0.15) is 23.6 Å². The molecule has 1 amide bonds. The Morgan fingerprint density at radius 3 is 3.05 bits per heavy atom. The first-order valence-corrected chi connectivity index (χ1v) is 7.61. The van der Waals surface area contributed by atoms with Gasteiger partial charge in [0, 0.05) is 41.8 Å². The molecule has 2 heterocycles. The molecular weight excluding hydrogens is 276 g/mol. The van der Waals surface area contributed by atoms with Crippen LogP contribution in [-0.4, -0.2) is 38.8 Å². The predicted octanol–water partition coefficient (Wildman–Crippen LogP) is 2.45. The number of carbonyl (C=O) groups excluding carboxylic acids is 1. The number of fused-ring (bicyclic) bond motifs is 1. The van der Waals surface area contributed by atoms with Crippen molar-refractivity contribution < 1.29 is 4.79 Å². The highest BCUT2D eigenvalue weighted by Gasteiger charge is 2.43. The maximum Gasteiger partial charge on any atom is 0.209 e. The standard InChI is InChI=1S/C17H18N4O/c22-11-21(17-7-14(17)16-9-18-10-20-16)6-5-12-8-19-15-4-2-1-3-13(12)15/h1-4,8-11,14,17,19H,5-7H2,(H,18,20)/t14-,17+/m0/s1. The quantitative estimate of drug-likeness (QED) is 0.686. The lowest BCUT2D eigenvalue weighted by Gasteiger charge is -2.17. The third-order valence-corrected chi connectivity index (χ3v) is 4.53. The Morgan fingerprint density at radius 1 is 1.32 bits per heavy atom. The van der Waals surface area contributed by atoms with Gasteiger partial charge in [-0.15, -0.1) is 0 Å². The summed E-state index contributed by atoms with van der Waals surface area (Å²) in [5.41, 5.74) is 3.47. The molecule has 1 aliphatic rings. The second-order valence-electron chi connectivity index (χ2n) is 5.86. The number of aromatic nitrogens is 3. The van der Waals surface area contributed by atoms with Crippen LogP contribution >= 0.6 is 0 Å². The van der Waals surface area contributed by atoms with Crippen LogP contribution in [0.3, 0.4) is 0 Å². The maximum absolute atomic E-state index is 11.4. The van der Waals surface area contributed by atoms with Crippen LogP contribution in [0.25, 0.3) is 10.9 Å². The van der Waals surface area contributed by atoms with Crippen molar-refractivity contribution >= 4 is 17.3 Å². The molecule has 5 nitrogen and oxygen atoms in total. The van der Waals surface area contributed by atoms with E-state index in [2.05, 4.69) is 27.1 Å². The Bertz CT molecular complexity index is 777. The molecular formula is C17H18N4O. The first-order chi connectivity index (χ1) is 10.9. The Kier molecular flexibility index (Phi) is 3.18. The third kappa shape index (κ3) is 2.28. The molecule has 1 fully saturated rings. The van der Waals surface area contributed by atoms with Gasteiger partial charge in [0.25, 0.3) is 0 Å². The van der Waals surface area contributed by atoms with Gasteiger partial charge in [-0.2, -0.15) is 0 Å². The number of hydrogen-bond acceptors (Lipinski definition) is 2. The zero-order valence-corrected chi connectivity index (χ0v) is 12.2. The van der Waals surface area contributed by atoms with Crippen molar-refractivity contribution in [2.45, 2.75) is 24.8 Å². The minimum absolute atomic E-state index is 0.297. The number of aromatic amines is 2. The van der Waals surface area contributed by atoms with Crippen molar-refractivity contribution in [1.29, 1.82) is 0 Å². The van der Waals surface area contributed by atoms with Gasteiger partial charge in [-0.3, -0.25) is 4.79 Å². The first kappa shape index (κ1) is 13.1. The highest BCUT2D eigenvalue weighted by atomic mass is 16.1. The lowest BCUT2D eigenvalue weighted by molar-refractivity contribution is -0.118. The number of imidazole rings is 1. The molecule has 0 unspecified atom stereocenters. The van der Waals surface area contributed by atoms with E-state index in [1.54, 1.807) is 6.33 Å². The molecule has 0 aliphatic heterocycles. The van der Waals surface area contributed by atoms with Crippen LogP contribution in [0.5, 0.6) is 0 Å². The fraction of sp³-hybridized carbons (Fsp3) is 0.294. The van der Waals surface area contributed by atoms with Gasteiger partial charge in [0.1, 0.15) is 0 Å². The molecule has 5 heteroatoms. The van der Waals surface area contributed by atoms with Crippen LogP contribution in [0.15, 0.2) is 43.0 Å². The second-order valence-corrected chi connectivity index (χ2v) is 5.86. The molecule has 0 saturated heterocycles. The van der Waals surface area contributed by atoms with E-state index in [1.165, 1.54) is 10.9 Å². The second kappa shape index (κ2) is 5.33. The molecule has 3 aromatic rings. The van der Waals surface area contributed by atoms with E-state index >= 15 is 0 Å². The average molecular weight is 294 g/mol.